The summed E-state index contributed by atoms with van der Waals surface area (Å²) >= 11 is 5.99. The Labute approximate surface area is 286 Å². The normalized spacial score (nSPS) is 25.7. The van der Waals surface area contributed by atoms with E-state index >= 15 is 0 Å². The number of amides is 3. The van der Waals surface area contributed by atoms with Gasteiger partial charge in [-0.2, -0.15) is 13.2 Å². The fourth-order valence-corrected chi connectivity index (χ4v) is 8.43. The molecule has 0 aromatic heterocycles. The zero-order valence-electron chi connectivity index (χ0n) is 26.9. The minimum absolute atomic E-state index is 0.0111. The second-order valence-corrected chi connectivity index (χ2v) is 14.1. The number of piperidine rings is 4. The van der Waals surface area contributed by atoms with E-state index in [4.69, 9.17) is 21.1 Å². The number of halogens is 4. The number of phenols is 1. The summed E-state index contributed by atoms with van der Waals surface area (Å²) in [6.45, 7) is 5.65. The molecule has 2 atom stereocenters. The van der Waals surface area contributed by atoms with Crippen molar-refractivity contribution in [3.05, 3.63) is 58.1 Å². The number of carbonyl (C=O) groups excluding carboxylic acids is 3. The Kier molecular flexibility index (Phi) is 9.07. The largest absolute Gasteiger partial charge is 0.506 e. The van der Waals surface area contributed by atoms with Gasteiger partial charge in [0.25, 0.3) is 5.91 Å². The van der Waals surface area contributed by atoms with E-state index in [1.54, 1.807) is 17.0 Å². The van der Waals surface area contributed by atoms with Gasteiger partial charge in [-0.15, -0.1) is 0 Å². The topological polar surface area (TPSA) is 115 Å². The van der Waals surface area contributed by atoms with Crippen LogP contribution in [0.1, 0.15) is 42.4 Å². The van der Waals surface area contributed by atoms with Crippen LogP contribution in [0.4, 0.5) is 28.4 Å². The molecule has 6 aliphatic rings. The van der Waals surface area contributed by atoms with E-state index in [1.807, 2.05) is 12.1 Å². The van der Waals surface area contributed by atoms with Crippen molar-refractivity contribution in [3.8, 4) is 5.75 Å². The fraction of sp³-hybridized carbons (Fsp3) is 0.559. The first kappa shape index (κ1) is 33.7. The summed E-state index contributed by atoms with van der Waals surface area (Å²) in [7, 11) is 0. The molecule has 1 unspecified atom stereocenters. The third-order valence-electron chi connectivity index (χ3n) is 10.9. The molecule has 5 fully saturated rings. The third kappa shape index (κ3) is 6.74. The molecule has 1 spiro atoms. The molecule has 264 valence electrons. The molecule has 2 aromatic rings. The monoisotopic (exact) mass is 705 g/mol. The van der Waals surface area contributed by atoms with Crippen LogP contribution in [0.3, 0.4) is 0 Å². The van der Waals surface area contributed by atoms with Crippen LogP contribution in [0.25, 0.3) is 0 Å². The molecule has 3 amide bonds. The minimum Gasteiger partial charge on any atom is -0.506 e. The number of aromatic hydroxyl groups is 1. The highest BCUT2D eigenvalue weighted by Gasteiger charge is 2.46. The molecule has 8 rings (SSSR count). The van der Waals surface area contributed by atoms with Crippen molar-refractivity contribution in [1.82, 2.24) is 19.6 Å². The molecule has 49 heavy (non-hydrogen) atoms. The van der Waals surface area contributed by atoms with Gasteiger partial charge >= 0.3 is 18.4 Å². The molecule has 5 saturated heterocycles. The summed E-state index contributed by atoms with van der Waals surface area (Å²) in [6.07, 6.45) is -5.18. The predicted octanol–water partition coefficient (Wildman–Crippen LogP) is 4.90. The Bertz CT molecular complexity index is 1600. The molecule has 6 heterocycles. The van der Waals surface area contributed by atoms with Gasteiger partial charge in [-0.25, -0.2) is 9.59 Å². The number of benzene rings is 2. The van der Waals surface area contributed by atoms with Gasteiger partial charge in [0.15, 0.2) is 6.10 Å². The maximum Gasteiger partial charge on any atom is 0.420 e. The van der Waals surface area contributed by atoms with E-state index in [1.165, 1.54) is 17.7 Å². The highest BCUT2D eigenvalue weighted by Crippen LogP contribution is 2.44. The molecule has 2 bridgehead atoms. The lowest BCUT2D eigenvalue weighted by molar-refractivity contribution is -0.144. The highest BCUT2D eigenvalue weighted by molar-refractivity contribution is 6.32. The highest BCUT2D eigenvalue weighted by atomic mass is 35.5. The van der Waals surface area contributed by atoms with Gasteiger partial charge in [0.1, 0.15) is 11.4 Å². The second kappa shape index (κ2) is 13.2. The van der Waals surface area contributed by atoms with Crippen molar-refractivity contribution in [1.29, 1.82) is 0 Å². The lowest BCUT2D eigenvalue weighted by Gasteiger charge is -2.51. The summed E-state index contributed by atoms with van der Waals surface area (Å²) in [4.78, 5) is 47.9. The first-order valence-corrected chi connectivity index (χ1v) is 17.2. The maximum atomic E-state index is 14.0. The van der Waals surface area contributed by atoms with Crippen LogP contribution >= 0.6 is 11.6 Å². The summed E-state index contributed by atoms with van der Waals surface area (Å²) in [5, 5.41) is 12.2. The lowest BCUT2D eigenvalue weighted by Crippen LogP contribution is -2.62. The summed E-state index contributed by atoms with van der Waals surface area (Å²) in [5.74, 6) is -0.980. The number of hydrogen-bond acceptors (Lipinski definition) is 8. The van der Waals surface area contributed by atoms with Gasteiger partial charge < -0.3 is 29.3 Å². The average molecular weight is 706 g/mol. The van der Waals surface area contributed by atoms with E-state index in [0.29, 0.717) is 43.8 Å². The van der Waals surface area contributed by atoms with Crippen molar-refractivity contribution in [2.75, 3.05) is 64.2 Å². The Hall–Kier alpha value is -3.75. The SMILES string of the molecule is O=C1Nc2ccccc2C2(CCN(C(=O)O[C@H](Cc3cc(Cl)c(O)c(C(F)(F)F)c3)C(=O)N3CCN(C4CN5CCC4CC5)CC3)CC2)O1. The van der Waals surface area contributed by atoms with Crippen molar-refractivity contribution >= 4 is 35.4 Å². The number of rotatable bonds is 5. The third-order valence-corrected chi connectivity index (χ3v) is 11.1. The van der Waals surface area contributed by atoms with Crippen LogP contribution in [-0.2, 0) is 32.5 Å². The number of nitrogens with one attached hydrogen (secondary N) is 1. The molecule has 2 aromatic carbocycles. The molecule has 6 aliphatic heterocycles. The zero-order chi connectivity index (χ0) is 34.5. The standard InChI is InChI=1S/C34H39ClF3N5O6/c35-25-18-21(17-24(29(25)44)34(36,37)38)19-28(30(45)42-15-13-41(14-16-42)27-20-40-9-5-22(27)6-10-40)48-32(47)43-11-7-33(8-12-43)23-3-1-2-4-26(23)39-31(46)49-33/h1-4,17-18,22,27-28,44H,5-16,19-20H2,(H,39,46)/t27?,28-/m1/s1. The fourth-order valence-electron chi connectivity index (χ4n) is 8.18. The summed E-state index contributed by atoms with van der Waals surface area (Å²) in [5.41, 5.74) is -0.840. The van der Waals surface area contributed by atoms with Crippen LogP contribution in [-0.4, -0.2) is 114 Å². The van der Waals surface area contributed by atoms with Crippen molar-refractivity contribution < 1.29 is 42.1 Å². The second-order valence-electron chi connectivity index (χ2n) is 13.7. The van der Waals surface area contributed by atoms with Crippen LogP contribution < -0.4 is 5.32 Å². The molecule has 11 nitrogen and oxygen atoms in total. The Morgan fingerprint density at radius 3 is 2.37 bits per heavy atom. The van der Waals surface area contributed by atoms with E-state index in [2.05, 4.69) is 15.1 Å². The molecule has 0 saturated carbocycles. The van der Waals surface area contributed by atoms with Crippen LogP contribution in [0, 0.1) is 5.92 Å². The van der Waals surface area contributed by atoms with Crippen LogP contribution in [0.15, 0.2) is 36.4 Å². The number of nitrogens with zero attached hydrogens (tertiary/aromatic N) is 4. The van der Waals surface area contributed by atoms with Gasteiger partial charge in [-0.05, 0) is 55.6 Å². The lowest BCUT2D eigenvalue weighted by atomic mass is 9.82. The number of phenolic OH excluding ortho intramolecular Hbond substituents is 1. The van der Waals surface area contributed by atoms with Gasteiger partial charge in [-0.1, -0.05) is 29.8 Å². The number of fused-ring (bicyclic) bond motifs is 5. The van der Waals surface area contributed by atoms with Gasteiger partial charge in [0.2, 0.25) is 0 Å². The van der Waals surface area contributed by atoms with Crippen LogP contribution in [0.5, 0.6) is 5.75 Å². The van der Waals surface area contributed by atoms with Crippen molar-refractivity contribution in [3.63, 3.8) is 0 Å². The number of piperazine rings is 1. The molecular formula is C34H39ClF3N5O6. The molecule has 2 N–H and O–H groups in total. The first-order chi connectivity index (χ1) is 23.4. The first-order valence-electron chi connectivity index (χ1n) is 16.8. The molecular weight excluding hydrogens is 667 g/mol. The number of likely N-dealkylation sites (tertiary alicyclic amines) is 1. The summed E-state index contributed by atoms with van der Waals surface area (Å²) in [6, 6.07) is 9.61. The number of para-hydroxylation sites is 1. The van der Waals surface area contributed by atoms with Gasteiger partial charge in [0, 0.05) is 76.7 Å². The van der Waals surface area contributed by atoms with E-state index in [0.717, 1.165) is 37.3 Å². The van der Waals surface area contributed by atoms with E-state index < -0.39 is 52.3 Å². The maximum absolute atomic E-state index is 14.0. The Morgan fingerprint density at radius 2 is 1.71 bits per heavy atom. The number of anilines is 1. The number of hydrogen-bond donors (Lipinski definition) is 2. The van der Waals surface area contributed by atoms with Gasteiger partial charge in [-0.3, -0.25) is 15.0 Å². The van der Waals surface area contributed by atoms with Crippen molar-refractivity contribution in [2.24, 2.45) is 5.92 Å². The van der Waals surface area contributed by atoms with Gasteiger partial charge in [0.05, 0.1) is 16.3 Å². The molecule has 0 radical (unpaired) electrons. The van der Waals surface area contributed by atoms with Crippen molar-refractivity contribution in [2.45, 2.75) is 56.0 Å². The minimum atomic E-state index is -4.90. The summed E-state index contributed by atoms with van der Waals surface area (Å²) < 4.78 is 52.8. The number of ether oxygens (including phenoxy) is 2. The Balaban J connectivity index is 1.07. The van der Waals surface area contributed by atoms with E-state index in [-0.39, 0.29) is 37.9 Å². The Morgan fingerprint density at radius 1 is 1.02 bits per heavy atom. The quantitative estimate of drug-likeness (QED) is 0.452. The van der Waals surface area contributed by atoms with Crippen LogP contribution in [0.2, 0.25) is 5.02 Å². The average Bonchev–Trinajstić information content (AvgIpc) is 3.09. The number of carbonyl (C=O) groups is 3. The molecule has 15 heteroatoms. The smallest absolute Gasteiger partial charge is 0.420 e. The predicted molar refractivity (Wildman–Crippen MR) is 172 cm³/mol. The zero-order valence-corrected chi connectivity index (χ0v) is 27.6. The van der Waals surface area contributed by atoms with E-state index in [9.17, 15) is 32.7 Å². The number of alkyl halides is 3. The molecule has 0 aliphatic carbocycles.